The molecule has 1 atom stereocenters. The third-order valence-electron chi connectivity index (χ3n) is 2.28. The van der Waals surface area contributed by atoms with Crippen molar-refractivity contribution in [2.24, 2.45) is 5.41 Å². The lowest BCUT2D eigenvalue weighted by molar-refractivity contribution is 0.133. The molecule has 0 spiro atoms. The molecule has 0 aromatic carbocycles. The average Bonchev–Trinajstić information content (AvgIpc) is 2.04. The van der Waals surface area contributed by atoms with Gasteiger partial charge in [0.15, 0.2) is 0 Å². The number of ether oxygens (including phenoxy) is 1. The molecule has 0 rings (SSSR count). The second kappa shape index (κ2) is 5.35. The number of rotatable bonds is 4. The second-order valence-corrected chi connectivity index (χ2v) is 4.69. The molecular weight excluding hydrogens is 176 g/mol. The molecule has 0 aliphatic heterocycles. The van der Waals surface area contributed by atoms with E-state index in [-0.39, 0.29) is 11.5 Å². The molecule has 1 unspecified atom stereocenters. The third kappa shape index (κ3) is 3.66. The van der Waals surface area contributed by atoms with E-state index in [4.69, 9.17) is 10.1 Å². The first-order chi connectivity index (χ1) is 6.34. The van der Waals surface area contributed by atoms with Crippen LogP contribution in [0.5, 0.6) is 0 Å². The van der Waals surface area contributed by atoms with Gasteiger partial charge in [-0.3, -0.25) is 5.41 Å². The van der Waals surface area contributed by atoms with Crippen molar-refractivity contribution in [3.05, 3.63) is 0 Å². The molecule has 0 fully saturated rings. The molecule has 0 aliphatic rings. The zero-order valence-corrected chi connectivity index (χ0v) is 10.3. The monoisotopic (exact) mass is 200 g/mol. The maximum Gasteiger partial charge on any atom is 0.102 e. The van der Waals surface area contributed by atoms with Gasteiger partial charge in [0.25, 0.3) is 0 Å². The Morgan fingerprint density at radius 2 is 1.93 bits per heavy atom. The van der Waals surface area contributed by atoms with Crippen LogP contribution in [0.25, 0.3) is 0 Å². The van der Waals surface area contributed by atoms with Gasteiger partial charge in [0.05, 0.1) is 12.6 Å². The molecule has 14 heavy (non-hydrogen) atoms. The van der Waals surface area contributed by atoms with Gasteiger partial charge in [-0.15, -0.1) is 0 Å². The predicted octanol–water partition coefficient (Wildman–Crippen LogP) is 2.37. The van der Waals surface area contributed by atoms with Gasteiger partial charge in [0, 0.05) is 19.1 Å². The molecule has 0 amide bonds. The standard InChI is InChI=1S/C11H24N2O/c1-7-13(9(2)8-14-6)10(12)11(3,4)5/h9,12H,7-8H2,1-6H3. The Labute approximate surface area is 87.9 Å². The van der Waals surface area contributed by atoms with Crippen molar-refractivity contribution in [2.45, 2.75) is 40.7 Å². The summed E-state index contributed by atoms with van der Waals surface area (Å²) in [4.78, 5) is 2.09. The normalized spacial score (nSPS) is 13.9. The minimum atomic E-state index is -0.0853. The van der Waals surface area contributed by atoms with Gasteiger partial charge >= 0.3 is 0 Å². The lowest BCUT2D eigenvalue weighted by atomic mass is 9.93. The van der Waals surface area contributed by atoms with Crippen LogP contribution in [0, 0.1) is 10.8 Å². The molecule has 0 aromatic rings. The van der Waals surface area contributed by atoms with Gasteiger partial charge in [0.1, 0.15) is 5.84 Å². The predicted molar refractivity (Wildman–Crippen MR) is 60.9 cm³/mol. The van der Waals surface area contributed by atoms with Gasteiger partial charge in [0.2, 0.25) is 0 Å². The fourth-order valence-electron chi connectivity index (χ4n) is 1.45. The lowest BCUT2D eigenvalue weighted by Gasteiger charge is -2.36. The molecule has 3 heteroatoms. The van der Waals surface area contributed by atoms with E-state index < -0.39 is 0 Å². The summed E-state index contributed by atoms with van der Waals surface area (Å²) >= 11 is 0. The van der Waals surface area contributed by atoms with Crippen LogP contribution in [0.2, 0.25) is 0 Å². The number of amidine groups is 1. The van der Waals surface area contributed by atoms with E-state index in [1.807, 2.05) is 0 Å². The zero-order valence-electron chi connectivity index (χ0n) is 10.3. The number of methoxy groups -OCH3 is 1. The fraction of sp³-hybridized carbons (Fsp3) is 0.909. The van der Waals surface area contributed by atoms with Crippen molar-refractivity contribution < 1.29 is 4.74 Å². The third-order valence-corrected chi connectivity index (χ3v) is 2.28. The summed E-state index contributed by atoms with van der Waals surface area (Å²) in [5, 5.41) is 8.08. The SMILES string of the molecule is CCN(C(=N)C(C)(C)C)C(C)COC. The van der Waals surface area contributed by atoms with Gasteiger partial charge in [-0.25, -0.2) is 0 Å². The number of likely N-dealkylation sites (N-methyl/N-ethyl adjacent to an activating group) is 1. The van der Waals surface area contributed by atoms with Crippen molar-refractivity contribution in [3.8, 4) is 0 Å². The molecule has 0 radical (unpaired) electrons. The summed E-state index contributed by atoms with van der Waals surface area (Å²) in [6.07, 6.45) is 0. The van der Waals surface area contributed by atoms with Gasteiger partial charge in [-0.2, -0.15) is 0 Å². The van der Waals surface area contributed by atoms with Crippen molar-refractivity contribution in [2.75, 3.05) is 20.3 Å². The maximum absolute atomic E-state index is 8.08. The molecule has 1 N–H and O–H groups in total. The molecule has 0 saturated heterocycles. The van der Waals surface area contributed by atoms with Crippen molar-refractivity contribution in [1.82, 2.24) is 4.90 Å². The van der Waals surface area contributed by atoms with Crippen LogP contribution < -0.4 is 0 Å². The fourth-order valence-corrected chi connectivity index (χ4v) is 1.45. The second-order valence-electron chi connectivity index (χ2n) is 4.69. The number of hydrogen-bond donors (Lipinski definition) is 1. The highest BCUT2D eigenvalue weighted by molar-refractivity contribution is 5.84. The van der Waals surface area contributed by atoms with E-state index in [1.54, 1.807) is 7.11 Å². The van der Waals surface area contributed by atoms with Crippen molar-refractivity contribution in [3.63, 3.8) is 0 Å². The van der Waals surface area contributed by atoms with E-state index in [1.165, 1.54) is 0 Å². The topological polar surface area (TPSA) is 36.3 Å². The molecule has 0 bridgehead atoms. The minimum absolute atomic E-state index is 0.0853. The number of hydrogen-bond acceptors (Lipinski definition) is 2. The molecule has 3 nitrogen and oxygen atoms in total. The smallest absolute Gasteiger partial charge is 0.102 e. The van der Waals surface area contributed by atoms with Crippen LogP contribution in [0.15, 0.2) is 0 Å². The van der Waals surface area contributed by atoms with E-state index in [9.17, 15) is 0 Å². The Hall–Kier alpha value is -0.570. The molecule has 84 valence electrons. The quantitative estimate of drug-likeness (QED) is 0.558. The Morgan fingerprint density at radius 1 is 1.43 bits per heavy atom. The van der Waals surface area contributed by atoms with Crippen LogP contribution in [0.1, 0.15) is 34.6 Å². The molecule has 0 heterocycles. The first-order valence-electron chi connectivity index (χ1n) is 5.19. The first-order valence-corrected chi connectivity index (χ1v) is 5.19. The highest BCUT2D eigenvalue weighted by atomic mass is 16.5. The van der Waals surface area contributed by atoms with E-state index in [0.717, 1.165) is 6.54 Å². The summed E-state index contributed by atoms with van der Waals surface area (Å²) in [7, 11) is 1.70. The van der Waals surface area contributed by atoms with E-state index >= 15 is 0 Å². The molecular formula is C11H24N2O. The van der Waals surface area contributed by atoms with Crippen LogP contribution in [-0.2, 0) is 4.74 Å². The van der Waals surface area contributed by atoms with Crippen molar-refractivity contribution >= 4 is 5.84 Å². The Bertz CT molecular complexity index is 184. The average molecular weight is 200 g/mol. The zero-order chi connectivity index (χ0) is 11.4. The maximum atomic E-state index is 8.08. The van der Waals surface area contributed by atoms with Gasteiger partial charge < -0.3 is 9.64 Å². The summed E-state index contributed by atoms with van der Waals surface area (Å²) in [5.74, 6) is 0.685. The summed E-state index contributed by atoms with van der Waals surface area (Å²) in [5.41, 5.74) is -0.0853. The lowest BCUT2D eigenvalue weighted by Crippen LogP contribution is -2.45. The number of nitrogens with zero attached hydrogens (tertiary/aromatic N) is 1. The summed E-state index contributed by atoms with van der Waals surface area (Å²) in [6.45, 7) is 11.9. The van der Waals surface area contributed by atoms with Crippen LogP contribution in [0.4, 0.5) is 0 Å². The summed E-state index contributed by atoms with van der Waals surface area (Å²) < 4.78 is 5.11. The highest BCUT2D eigenvalue weighted by Crippen LogP contribution is 2.19. The molecule has 0 aliphatic carbocycles. The van der Waals surface area contributed by atoms with Crippen LogP contribution in [-0.4, -0.2) is 37.0 Å². The van der Waals surface area contributed by atoms with Gasteiger partial charge in [-0.05, 0) is 13.8 Å². The first kappa shape index (κ1) is 13.4. The largest absolute Gasteiger partial charge is 0.383 e. The molecule has 0 saturated carbocycles. The Balaban J connectivity index is 4.48. The number of nitrogens with one attached hydrogen (secondary N) is 1. The van der Waals surface area contributed by atoms with Crippen LogP contribution in [0.3, 0.4) is 0 Å². The highest BCUT2D eigenvalue weighted by Gasteiger charge is 2.25. The van der Waals surface area contributed by atoms with Crippen molar-refractivity contribution in [1.29, 1.82) is 5.41 Å². The Morgan fingerprint density at radius 3 is 2.21 bits per heavy atom. The Kier molecular flexibility index (Phi) is 5.13. The minimum Gasteiger partial charge on any atom is -0.383 e. The van der Waals surface area contributed by atoms with E-state index in [0.29, 0.717) is 12.4 Å². The van der Waals surface area contributed by atoms with E-state index in [2.05, 4.69) is 39.5 Å². The van der Waals surface area contributed by atoms with Gasteiger partial charge in [-0.1, -0.05) is 20.8 Å². The molecule has 0 aromatic heterocycles. The van der Waals surface area contributed by atoms with Crippen LogP contribution >= 0.6 is 0 Å². The summed E-state index contributed by atoms with van der Waals surface area (Å²) in [6, 6.07) is 0.275.